The topological polar surface area (TPSA) is 59.6 Å². The molecule has 1 heterocycles. The Bertz CT molecular complexity index is 757. The maximum atomic E-state index is 12.2. The first-order valence-corrected chi connectivity index (χ1v) is 8.11. The minimum absolute atomic E-state index is 0.149. The van der Waals surface area contributed by atoms with Gasteiger partial charge in [-0.1, -0.05) is 29.8 Å². The van der Waals surface area contributed by atoms with Crippen LogP contribution in [0.4, 0.5) is 11.4 Å². The number of carbonyl (C=O) groups is 1. The van der Waals surface area contributed by atoms with E-state index in [1.54, 1.807) is 12.1 Å². The van der Waals surface area contributed by atoms with Crippen molar-refractivity contribution in [3.8, 4) is 11.5 Å². The van der Waals surface area contributed by atoms with Gasteiger partial charge in [0.2, 0.25) is 5.91 Å². The number of anilines is 2. The van der Waals surface area contributed by atoms with Crippen molar-refractivity contribution in [2.45, 2.75) is 13.8 Å². The van der Waals surface area contributed by atoms with Gasteiger partial charge in [0.1, 0.15) is 13.2 Å². The van der Waals surface area contributed by atoms with Crippen molar-refractivity contribution in [1.82, 2.24) is 0 Å². The Morgan fingerprint density at radius 3 is 2.42 bits per heavy atom. The highest BCUT2D eigenvalue weighted by Crippen LogP contribution is 2.37. The van der Waals surface area contributed by atoms with Crippen molar-refractivity contribution in [1.29, 1.82) is 0 Å². The number of fused-ring (bicyclic) bond motifs is 1. The molecule has 1 aliphatic rings. The van der Waals surface area contributed by atoms with Crippen LogP contribution < -0.4 is 20.1 Å². The molecule has 6 heteroatoms. The average Bonchev–Trinajstić information content (AvgIpc) is 2.55. The lowest BCUT2D eigenvalue weighted by molar-refractivity contribution is -0.114. The van der Waals surface area contributed by atoms with Crippen molar-refractivity contribution in [3.63, 3.8) is 0 Å². The molecular formula is C18H19ClN2O3. The lowest BCUT2D eigenvalue weighted by Crippen LogP contribution is -2.23. The van der Waals surface area contributed by atoms with E-state index in [1.165, 1.54) is 0 Å². The normalized spacial score (nSPS) is 12.6. The number of halogens is 1. The van der Waals surface area contributed by atoms with E-state index in [0.717, 1.165) is 16.8 Å². The van der Waals surface area contributed by atoms with Gasteiger partial charge in [-0.2, -0.15) is 0 Å². The molecule has 0 bridgehead atoms. The first-order valence-electron chi connectivity index (χ1n) is 7.73. The molecule has 0 aliphatic carbocycles. The Labute approximate surface area is 145 Å². The highest BCUT2D eigenvalue weighted by molar-refractivity contribution is 6.34. The number of benzene rings is 2. The van der Waals surface area contributed by atoms with Crippen LogP contribution in [0.1, 0.15) is 11.1 Å². The second kappa shape index (κ2) is 7.01. The van der Waals surface area contributed by atoms with Crippen LogP contribution in [0, 0.1) is 13.8 Å². The Morgan fingerprint density at radius 1 is 1.12 bits per heavy atom. The Morgan fingerprint density at radius 2 is 1.75 bits per heavy atom. The summed E-state index contributed by atoms with van der Waals surface area (Å²) in [5, 5.41) is 6.39. The fourth-order valence-corrected chi connectivity index (χ4v) is 2.82. The summed E-state index contributed by atoms with van der Waals surface area (Å²) in [5.41, 5.74) is 3.68. The van der Waals surface area contributed by atoms with Gasteiger partial charge in [-0.15, -0.1) is 0 Å². The second-order valence-corrected chi connectivity index (χ2v) is 6.05. The van der Waals surface area contributed by atoms with Crippen LogP contribution in [-0.2, 0) is 4.79 Å². The molecule has 3 rings (SSSR count). The molecule has 24 heavy (non-hydrogen) atoms. The third-order valence-electron chi connectivity index (χ3n) is 3.81. The summed E-state index contributed by atoms with van der Waals surface area (Å²) in [6.45, 7) is 5.14. The quantitative estimate of drug-likeness (QED) is 0.884. The first kappa shape index (κ1) is 16.5. The molecule has 1 amide bonds. The lowest BCUT2D eigenvalue weighted by atomic mass is 10.1. The van der Waals surface area contributed by atoms with Gasteiger partial charge in [-0.05, 0) is 25.0 Å². The van der Waals surface area contributed by atoms with Crippen LogP contribution in [-0.4, -0.2) is 25.7 Å². The van der Waals surface area contributed by atoms with Gasteiger partial charge < -0.3 is 20.1 Å². The molecule has 2 N–H and O–H groups in total. The molecule has 0 aromatic heterocycles. The van der Waals surface area contributed by atoms with Crippen LogP contribution in [0.3, 0.4) is 0 Å². The predicted molar refractivity (Wildman–Crippen MR) is 95.5 cm³/mol. The van der Waals surface area contributed by atoms with Crippen LogP contribution in [0.2, 0.25) is 5.02 Å². The van der Waals surface area contributed by atoms with Crippen molar-refractivity contribution in [2.24, 2.45) is 0 Å². The largest absolute Gasteiger partial charge is 0.486 e. The fraction of sp³-hybridized carbons (Fsp3) is 0.278. The minimum Gasteiger partial charge on any atom is -0.486 e. The highest BCUT2D eigenvalue weighted by Gasteiger charge is 2.16. The van der Waals surface area contributed by atoms with Crippen LogP contribution in [0.15, 0.2) is 30.3 Å². The van der Waals surface area contributed by atoms with E-state index in [4.69, 9.17) is 21.1 Å². The van der Waals surface area contributed by atoms with Crippen molar-refractivity contribution in [3.05, 3.63) is 46.5 Å². The molecule has 0 fully saturated rings. The van der Waals surface area contributed by atoms with Crippen LogP contribution >= 0.6 is 11.6 Å². The molecule has 0 unspecified atom stereocenters. The number of nitrogens with one attached hydrogen (secondary N) is 2. The Balaban J connectivity index is 1.67. The van der Waals surface area contributed by atoms with Gasteiger partial charge in [0.15, 0.2) is 11.5 Å². The molecule has 0 spiro atoms. The summed E-state index contributed by atoms with van der Waals surface area (Å²) in [7, 11) is 0. The molecular weight excluding hydrogens is 328 g/mol. The second-order valence-electron chi connectivity index (χ2n) is 5.64. The van der Waals surface area contributed by atoms with Gasteiger partial charge in [0.25, 0.3) is 0 Å². The number of hydrogen-bond donors (Lipinski definition) is 2. The molecule has 1 aliphatic heterocycles. The number of amides is 1. The molecule has 0 saturated carbocycles. The van der Waals surface area contributed by atoms with Gasteiger partial charge in [-0.3, -0.25) is 4.79 Å². The zero-order chi connectivity index (χ0) is 17.1. The number of carbonyl (C=O) groups excluding carboxylic acids is 1. The summed E-state index contributed by atoms with van der Waals surface area (Å²) in [6, 6.07) is 9.35. The number of rotatable bonds is 4. The minimum atomic E-state index is -0.184. The maximum absolute atomic E-state index is 12.2. The highest BCUT2D eigenvalue weighted by atomic mass is 35.5. The van der Waals surface area contributed by atoms with E-state index in [0.29, 0.717) is 35.4 Å². The Kier molecular flexibility index (Phi) is 4.81. The summed E-state index contributed by atoms with van der Waals surface area (Å²) in [5.74, 6) is 0.998. The number of para-hydroxylation sites is 1. The molecule has 0 saturated heterocycles. The number of ether oxygens (including phenoxy) is 2. The molecule has 0 atom stereocenters. The van der Waals surface area contributed by atoms with Gasteiger partial charge in [0, 0.05) is 17.8 Å². The van der Waals surface area contributed by atoms with Gasteiger partial charge in [0.05, 0.1) is 17.3 Å². The molecule has 2 aromatic rings. The van der Waals surface area contributed by atoms with Crippen molar-refractivity contribution < 1.29 is 14.3 Å². The number of hydrogen-bond acceptors (Lipinski definition) is 4. The predicted octanol–water partition coefficient (Wildman–Crippen LogP) is 3.78. The van der Waals surface area contributed by atoms with Crippen LogP contribution in [0.25, 0.3) is 0 Å². The third kappa shape index (κ3) is 3.57. The first-order chi connectivity index (χ1) is 11.5. The molecule has 2 aromatic carbocycles. The summed E-state index contributed by atoms with van der Waals surface area (Å²) >= 11 is 6.20. The van der Waals surface area contributed by atoms with Crippen molar-refractivity contribution in [2.75, 3.05) is 30.4 Å². The van der Waals surface area contributed by atoms with E-state index < -0.39 is 0 Å². The Hall–Kier alpha value is -2.40. The maximum Gasteiger partial charge on any atom is 0.243 e. The average molecular weight is 347 g/mol. The van der Waals surface area contributed by atoms with E-state index in [2.05, 4.69) is 10.6 Å². The zero-order valence-corrected chi connectivity index (χ0v) is 14.4. The van der Waals surface area contributed by atoms with E-state index in [-0.39, 0.29) is 12.5 Å². The summed E-state index contributed by atoms with van der Waals surface area (Å²) < 4.78 is 11.0. The third-order valence-corrected chi connectivity index (χ3v) is 4.13. The summed E-state index contributed by atoms with van der Waals surface area (Å²) in [6.07, 6.45) is 0. The summed E-state index contributed by atoms with van der Waals surface area (Å²) in [4.78, 5) is 12.2. The lowest BCUT2D eigenvalue weighted by Gasteiger charge is -2.20. The van der Waals surface area contributed by atoms with Gasteiger partial charge >= 0.3 is 0 Å². The molecule has 0 radical (unpaired) electrons. The smallest absolute Gasteiger partial charge is 0.243 e. The van der Waals surface area contributed by atoms with Gasteiger partial charge in [-0.25, -0.2) is 0 Å². The standard InChI is InChI=1S/C18H19ClN2O3/c1-11-4-3-5-12(2)18(11)20-10-17(22)21-14-9-16-15(8-13(14)19)23-6-7-24-16/h3-5,8-9,20H,6-7,10H2,1-2H3,(H,21,22). The zero-order valence-electron chi connectivity index (χ0n) is 13.6. The van der Waals surface area contributed by atoms with Crippen LogP contribution in [0.5, 0.6) is 11.5 Å². The fourth-order valence-electron chi connectivity index (χ4n) is 2.62. The van der Waals surface area contributed by atoms with E-state index in [1.807, 2.05) is 32.0 Å². The molecule has 5 nitrogen and oxygen atoms in total. The SMILES string of the molecule is Cc1cccc(C)c1NCC(=O)Nc1cc2c(cc1Cl)OCCO2. The van der Waals surface area contributed by atoms with Crippen molar-refractivity contribution >= 4 is 28.9 Å². The van der Waals surface area contributed by atoms with E-state index >= 15 is 0 Å². The molecule has 126 valence electrons. The number of aryl methyl sites for hydroxylation is 2. The van der Waals surface area contributed by atoms with E-state index in [9.17, 15) is 4.79 Å². The monoisotopic (exact) mass is 346 g/mol.